The van der Waals surface area contributed by atoms with E-state index >= 15 is 0 Å². The smallest absolute Gasteiger partial charge is 0.304 e. The van der Waals surface area contributed by atoms with Gasteiger partial charge in [-0.3, -0.25) is 19.4 Å². The molecule has 0 aliphatic carbocycles. The maximum absolute atomic E-state index is 13.2. The number of hydrogen-bond donors (Lipinski definition) is 6. The third kappa shape index (κ3) is 11.2. The molecule has 0 saturated heterocycles. The van der Waals surface area contributed by atoms with Crippen LogP contribution < -0.4 is 27.4 Å². The number of hydrogen-bond acceptors (Lipinski definition) is 5. The molecule has 0 radical (unpaired) electrons. The zero-order valence-electron chi connectivity index (χ0n) is 19.7. The van der Waals surface area contributed by atoms with Gasteiger partial charge in [0.1, 0.15) is 6.04 Å². The van der Waals surface area contributed by atoms with E-state index in [1.54, 1.807) is 24.3 Å². The van der Waals surface area contributed by atoms with Crippen molar-refractivity contribution in [3.05, 3.63) is 66.2 Å². The van der Waals surface area contributed by atoms with Gasteiger partial charge in [0.25, 0.3) is 0 Å². The highest BCUT2D eigenvalue weighted by Crippen LogP contribution is 2.10. The first-order chi connectivity index (χ1) is 16.8. The van der Waals surface area contributed by atoms with Gasteiger partial charge in [-0.1, -0.05) is 48.5 Å². The Balaban J connectivity index is 2.08. The molecule has 0 heterocycles. The molecule has 0 spiro atoms. The van der Waals surface area contributed by atoms with Crippen molar-refractivity contribution in [3.8, 4) is 0 Å². The van der Waals surface area contributed by atoms with Crippen LogP contribution >= 0.6 is 0 Å². The molecular weight excluding hydrogens is 448 g/mol. The van der Waals surface area contributed by atoms with E-state index in [9.17, 15) is 14.4 Å². The van der Waals surface area contributed by atoms with E-state index in [1.807, 2.05) is 36.4 Å². The number of carboxylic acid groups (broad SMARTS) is 1. The lowest BCUT2D eigenvalue weighted by molar-refractivity contribution is -0.137. The highest BCUT2D eigenvalue weighted by molar-refractivity contribution is 5.97. The molecule has 2 aromatic carbocycles. The third-order valence-electron chi connectivity index (χ3n) is 5.23. The number of aryl methyl sites for hydroxylation is 1. The number of nitrogens with two attached hydrogens (primary N) is 2. The average Bonchev–Trinajstić information content (AvgIpc) is 2.83. The van der Waals surface area contributed by atoms with Gasteiger partial charge in [-0.15, -0.1) is 0 Å². The first-order valence-corrected chi connectivity index (χ1v) is 11.6. The fourth-order valence-corrected chi connectivity index (χ4v) is 3.43. The van der Waals surface area contributed by atoms with Crippen molar-refractivity contribution in [2.45, 2.75) is 44.2 Å². The Hall–Kier alpha value is -3.92. The van der Waals surface area contributed by atoms with Gasteiger partial charge in [0.15, 0.2) is 5.96 Å². The first kappa shape index (κ1) is 27.3. The van der Waals surface area contributed by atoms with Crippen LogP contribution in [-0.2, 0) is 20.8 Å². The summed E-state index contributed by atoms with van der Waals surface area (Å²) < 4.78 is 0. The number of aliphatic imine (C=N–C) groups is 1. The Morgan fingerprint density at radius 2 is 1.54 bits per heavy atom. The van der Waals surface area contributed by atoms with E-state index in [0.717, 1.165) is 5.56 Å². The molecule has 0 aromatic heterocycles. The second-order valence-electron chi connectivity index (χ2n) is 8.04. The largest absolute Gasteiger partial charge is 0.481 e. The van der Waals surface area contributed by atoms with Crippen molar-refractivity contribution in [3.63, 3.8) is 0 Å². The number of guanidine groups is 1. The normalized spacial score (nSPS) is 12.2. The second-order valence-corrected chi connectivity index (χ2v) is 8.04. The molecular formula is C25H34N6O4. The molecule has 0 bridgehead atoms. The van der Waals surface area contributed by atoms with Gasteiger partial charge in [0.2, 0.25) is 11.8 Å². The molecule has 0 fully saturated rings. The Labute approximate surface area is 205 Å². The van der Waals surface area contributed by atoms with E-state index in [-0.39, 0.29) is 30.7 Å². The molecule has 0 unspecified atom stereocenters. The third-order valence-corrected chi connectivity index (χ3v) is 5.23. The molecule has 0 aliphatic rings. The minimum atomic E-state index is -0.959. The van der Waals surface area contributed by atoms with Gasteiger partial charge in [-0.2, -0.15) is 0 Å². The van der Waals surface area contributed by atoms with Gasteiger partial charge < -0.3 is 32.5 Å². The van der Waals surface area contributed by atoms with Crippen LogP contribution in [0.25, 0.3) is 0 Å². The van der Waals surface area contributed by atoms with Gasteiger partial charge in [0, 0.05) is 18.8 Å². The summed E-state index contributed by atoms with van der Waals surface area (Å²) in [6.45, 7) is 0.454. The van der Waals surface area contributed by atoms with Gasteiger partial charge >= 0.3 is 5.97 Å². The molecule has 2 amide bonds. The van der Waals surface area contributed by atoms with Crippen molar-refractivity contribution in [2.75, 3.05) is 18.4 Å². The number of anilines is 1. The standard InChI is InChI=1S/C25H34N6O4/c26-25(27)29-16-7-12-21(24(35)30-19-10-5-2-6-11-19)31-23(34)20(28-17-15-22(32)33)14-13-18-8-3-1-4-9-18/h1-6,8-11,20-21,28H,7,12-17H2,(H,30,35)(H,31,34)(H,32,33)(H4,26,27,29)/t20-,21-/m0/s1. The molecule has 0 saturated carbocycles. The fourth-order valence-electron chi connectivity index (χ4n) is 3.43. The van der Waals surface area contributed by atoms with Crippen molar-refractivity contribution in [1.82, 2.24) is 10.6 Å². The summed E-state index contributed by atoms with van der Waals surface area (Å²) in [7, 11) is 0. The molecule has 35 heavy (non-hydrogen) atoms. The molecule has 10 nitrogen and oxygen atoms in total. The topological polar surface area (TPSA) is 172 Å². The van der Waals surface area contributed by atoms with Crippen LogP contribution in [0.5, 0.6) is 0 Å². The van der Waals surface area contributed by atoms with E-state index < -0.39 is 18.1 Å². The number of para-hydroxylation sites is 1. The number of carboxylic acids is 1. The lowest BCUT2D eigenvalue weighted by Gasteiger charge is -2.23. The van der Waals surface area contributed by atoms with Crippen molar-refractivity contribution in [1.29, 1.82) is 0 Å². The van der Waals surface area contributed by atoms with E-state index in [1.165, 1.54) is 0 Å². The van der Waals surface area contributed by atoms with Crippen LogP contribution in [-0.4, -0.2) is 54.0 Å². The fraction of sp³-hybridized carbons (Fsp3) is 0.360. The second kappa shape index (κ2) is 15.1. The Morgan fingerprint density at radius 3 is 2.17 bits per heavy atom. The number of aliphatic carboxylic acids is 1. The Bertz CT molecular complexity index is 964. The highest BCUT2D eigenvalue weighted by Gasteiger charge is 2.25. The summed E-state index contributed by atoms with van der Waals surface area (Å²) in [5.74, 6) is -1.73. The maximum atomic E-state index is 13.2. The summed E-state index contributed by atoms with van der Waals surface area (Å²) in [6, 6.07) is 17.1. The lowest BCUT2D eigenvalue weighted by Crippen LogP contribution is -2.52. The van der Waals surface area contributed by atoms with Crippen LogP contribution in [0.1, 0.15) is 31.2 Å². The average molecular weight is 483 g/mol. The molecule has 0 aliphatic heterocycles. The number of amides is 2. The minimum Gasteiger partial charge on any atom is -0.481 e. The number of carbonyl (C=O) groups excluding carboxylic acids is 2. The molecule has 8 N–H and O–H groups in total. The SMILES string of the molecule is NC(N)=NCCC[C@H](NC(=O)[C@H](CCc1ccccc1)NCCC(=O)O)C(=O)Nc1ccccc1. The summed E-state index contributed by atoms with van der Waals surface area (Å²) in [5.41, 5.74) is 12.4. The monoisotopic (exact) mass is 482 g/mol. The minimum absolute atomic E-state index is 0.0390. The Kier molecular flexibility index (Phi) is 11.8. The zero-order valence-corrected chi connectivity index (χ0v) is 19.7. The number of nitrogens with zero attached hydrogens (tertiary/aromatic N) is 1. The molecule has 2 aromatic rings. The van der Waals surface area contributed by atoms with E-state index in [0.29, 0.717) is 37.9 Å². The Morgan fingerprint density at radius 1 is 0.886 bits per heavy atom. The lowest BCUT2D eigenvalue weighted by atomic mass is 10.0. The summed E-state index contributed by atoms with van der Waals surface area (Å²) in [6.07, 6.45) is 1.74. The molecule has 2 rings (SSSR count). The number of carbonyl (C=O) groups is 3. The van der Waals surface area contributed by atoms with Gasteiger partial charge in [0.05, 0.1) is 12.5 Å². The van der Waals surface area contributed by atoms with E-state index in [4.69, 9.17) is 16.6 Å². The molecule has 188 valence electrons. The van der Waals surface area contributed by atoms with Crippen LogP contribution in [0, 0.1) is 0 Å². The quantitative estimate of drug-likeness (QED) is 0.126. The summed E-state index contributed by atoms with van der Waals surface area (Å²) >= 11 is 0. The maximum Gasteiger partial charge on any atom is 0.304 e. The van der Waals surface area contributed by atoms with Crippen molar-refractivity contribution < 1.29 is 19.5 Å². The number of nitrogens with one attached hydrogen (secondary N) is 3. The summed E-state index contributed by atoms with van der Waals surface area (Å²) in [4.78, 5) is 41.0. The van der Waals surface area contributed by atoms with Crippen molar-refractivity contribution in [2.24, 2.45) is 16.5 Å². The van der Waals surface area contributed by atoms with Crippen LogP contribution in [0.4, 0.5) is 5.69 Å². The van der Waals surface area contributed by atoms with Crippen LogP contribution in [0.2, 0.25) is 0 Å². The van der Waals surface area contributed by atoms with Gasteiger partial charge in [-0.25, -0.2) is 0 Å². The van der Waals surface area contributed by atoms with E-state index in [2.05, 4.69) is 20.9 Å². The van der Waals surface area contributed by atoms with Crippen molar-refractivity contribution >= 4 is 29.4 Å². The molecule has 10 heteroatoms. The first-order valence-electron chi connectivity index (χ1n) is 11.6. The van der Waals surface area contributed by atoms with Crippen LogP contribution in [0.3, 0.4) is 0 Å². The zero-order chi connectivity index (χ0) is 25.5. The highest BCUT2D eigenvalue weighted by atomic mass is 16.4. The van der Waals surface area contributed by atoms with Gasteiger partial charge in [-0.05, 0) is 43.4 Å². The number of benzene rings is 2. The predicted octanol–water partition coefficient (Wildman–Crippen LogP) is 1.23. The number of rotatable bonds is 15. The predicted molar refractivity (Wildman–Crippen MR) is 136 cm³/mol. The molecule has 2 atom stereocenters. The summed E-state index contributed by atoms with van der Waals surface area (Å²) in [5, 5.41) is 17.6. The van der Waals surface area contributed by atoms with Crippen LogP contribution in [0.15, 0.2) is 65.7 Å².